The van der Waals surface area contributed by atoms with Gasteiger partial charge in [0, 0.05) is 23.8 Å². The summed E-state index contributed by atoms with van der Waals surface area (Å²) in [7, 11) is 0. The number of aromatic nitrogens is 1. The molecule has 2 aromatic rings. The number of fused-ring (bicyclic) bond motifs is 1. The van der Waals surface area contributed by atoms with Crippen molar-refractivity contribution in [2.45, 2.75) is 18.9 Å². The number of pyridine rings is 1. The molecule has 1 fully saturated rings. The topological polar surface area (TPSA) is 39.2 Å². The lowest BCUT2D eigenvalue weighted by atomic mass is 10.0. The molecule has 1 aliphatic rings. The van der Waals surface area contributed by atoms with Crippen LogP contribution in [0.25, 0.3) is 10.9 Å². The van der Waals surface area contributed by atoms with Crippen LogP contribution < -0.4 is 0 Å². The molecule has 0 N–H and O–H groups in total. The Morgan fingerprint density at radius 2 is 2.29 bits per heavy atom. The van der Waals surface area contributed by atoms with E-state index in [1.54, 1.807) is 6.20 Å². The van der Waals surface area contributed by atoms with E-state index in [1.165, 1.54) is 0 Å². The highest BCUT2D eigenvalue weighted by Gasteiger charge is 2.24. The molecule has 0 radical (unpaired) electrons. The van der Waals surface area contributed by atoms with Gasteiger partial charge in [-0.2, -0.15) is 0 Å². The average molecular weight is 227 g/mol. The van der Waals surface area contributed by atoms with Crippen LogP contribution in [0.15, 0.2) is 36.5 Å². The molecule has 1 saturated heterocycles. The monoisotopic (exact) mass is 227 g/mol. The Kier molecular flexibility index (Phi) is 2.61. The zero-order chi connectivity index (χ0) is 11.7. The molecule has 0 amide bonds. The lowest BCUT2D eigenvalue weighted by molar-refractivity contribution is 0.0643. The van der Waals surface area contributed by atoms with Crippen molar-refractivity contribution in [2.75, 3.05) is 6.61 Å². The summed E-state index contributed by atoms with van der Waals surface area (Å²) in [5.74, 6) is 0.0788. The van der Waals surface area contributed by atoms with E-state index in [-0.39, 0.29) is 11.9 Å². The molecule has 1 unspecified atom stereocenters. The number of nitrogens with zero attached hydrogens (tertiary/aromatic N) is 1. The van der Waals surface area contributed by atoms with Crippen LogP contribution in [0.4, 0.5) is 0 Å². The number of ether oxygens (including phenoxy) is 1. The maximum atomic E-state index is 12.1. The molecule has 17 heavy (non-hydrogen) atoms. The Morgan fingerprint density at radius 3 is 3.12 bits per heavy atom. The van der Waals surface area contributed by atoms with Gasteiger partial charge >= 0.3 is 0 Å². The fraction of sp³-hybridized carbons (Fsp3) is 0.286. The first kappa shape index (κ1) is 10.4. The molecule has 0 spiro atoms. The van der Waals surface area contributed by atoms with E-state index in [0.29, 0.717) is 12.2 Å². The minimum atomic E-state index is -0.254. The molecular formula is C14H13NO2. The van der Waals surface area contributed by atoms with E-state index >= 15 is 0 Å². The highest BCUT2D eigenvalue weighted by Crippen LogP contribution is 2.20. The third-order valence-electron chi connectivity index (χ3n) is 3.11. The molecule has 1 aromatic heterocycles. The summed E-state index contributed by atoms with van der Waals surface area (Å²) >= 11 is 0. The average Bonchev–Trinajstić information content (AvgIpc) is 2.91. The molecule has 0 bridgehead atoms. The Balaban J connectivity index is 1.97. The third-order valence-corrected chi connectivity index (χ3v) is 3.11. The van der Waals surface area contributed by atoms with Gasteiger partial charge in [-0.25, -0.2) is 0 Å². The first-order valence-corrected chi connectivity index (χ1v) is 5.85. The predicted octanol–water partition coefficient (Wildman–Crippen LogP) is 2.60. The van der Waals surface area contributed by atoms with Crippen LogP contribution >= 0.6 is 0 Å². The predicted molar refractivity (Wildman–Crippen MR) is 65.0 cm³/mol. The zero-order valence-corrected chi connectivity index (χ0v) is 9.43. The van der Waals surface area contributed by atoms with E-state index in [0.717, 1.165) is 23.7 Å². The third kappa shape index (κ3) is 1.94. The van der Waals surface area contributed by atoms with Crippen molar-refractivity contribution >= 4 is 16.7 Å². The van der Waals surface area contributed by atoms with Gasteiger partial charge in [0.2, 0.25) is 0 Å². The highest BCUT2D eigenvalue weighted by atomic mass is 16.5. The van der Waals surface area contributed by atoms with Crippen molar-refractivity contribution in [3.05, 3.63) is 42.1 Å². The van der Waals surface area contributed by atoms with Crippen LogP contribution in [0.3, 0.4) is 0 Å². The van der Waals surface area contributed by atoms with Gasteiger partial charge in [0.1, 0.15) is 6.10 Å². The van der Waals surface area contributed by atoms with Gasteiger partial charge in [0.05, 0.1) is 5.52 Å². The van der Waals surface area contributed by atoms with Gasteiger partial charge in [0.15, 0.2) is 5.78 Å². The van der Waals surface area contributed by atoms with E-state index in [1.807, 2.05) is 30.3 Å². The Morgan fingerprint density at radius 1 is 1.35 bits per heavy atom. The summed E-state index contributed by atoms with van der Waals surface area (Å²) in [6.07, 6.45) is 3.29. The number of carbonyl (C=O) groups is 1. The molecule has 3 heteroatoms. The number of hydrogen-bond acceptors (Lipinski definition) is 3. The van der Waals surface area contributed by atoms with Crippen molar-refractivity contribution in [3.8, 4) is 0 Å². The standard InChI is InChI=1S/C14H13NO2/c16-14(13-4-2-8-17-13)11-6-5-10-3-1-7-15-12(10)9-11/h1,3,5-7,9,13H,2,4,8H2. The fourth-order valence-corrected chi connectivity index (χ4v) is 2.19. The van der Waals surface area contributed by atoms with E-state index < -0.39 is 0 Å². The van der Waals surface area contributed by atoms with Gasteiger partial charge in [-0.3, -0.25) is 9.78 Å². The Hall–Kier alpha value is -1.74. The first-order valence-electron chi connectivity index (χ1n) is 5.85. The van der Waals surface area contributed by atoms with Crippen molar-refractivity contribution < 1.29 is 9.53 Å². The second-order valence-electron chi connectivity index (χ2n) is 4.28. The molecule has 1 aliphatic heterocycles. The van der Waals surface area contributed by atoms with Crippen molar-refractivity contribution in [1.29, 1.82) is 0 Å². The second kappa shape index (κ2) is 4.26. The van der Waals surface area contributed by atoms with Gasteiger partial charge in [-0.05, 0) is 25.0 Å². The van der Waals surface area contributed by atoms with Crippen LogP contribution in [0, 0.1) is 0 Å². The summed E-state index contributed by atoms with van der Waals surface area (Å²) in [5, 5.41) is 1.05. The van der Waals surface area contributed by atoms with Gasteiger partial charge in [-0.15, -0.1) is 0 Å². The van der Waals surface area contributed by atoms with Crippen molar-refractivity contribution in [2.24, 2.45) is 0 Å². The van der Waals surface area contributed by atoms with Crippen LogP contribution in [-0.4, -0.2) is 23.5 Å². The second-order valence-corrected chi connectivity index (χ2v) is 4.28. The lowest BCUT2D eigenvalue weighted by Crippen LogP contribution is -2.19. The molecule has 1 aromatic carbocycles. The summed E-state index contributed by atoms with van der Waals surface area (Å²) in [6.45, 7) is 0.697. The highest BCUT2D eigenvalue weighted by molar-refractivity contribution is 6.02. The number of carbonyl (C=O) groups excluding carboxylic acids is 1. The molecule has 1 atom stereocenters. The van der Waals surface area contributed by atoms with Gasteiger partial charge in [-0.1, -0.05) is 18.2 Å². The number of ketones is 1. The smallest absolute Gasteiger partial charge is 0.191 e. The fourth-order valence-electron chi connectivity index (χ4n) is 2.19. The summed E-state index contributed by atoms with van der Waals surface area (Å²) in [4.78, 5) is 16.4. The minimum Gasteiger partial charge on any atom is -0.370 e. The SMILES string of the molecule is O=C(c1ccc2cccnc2c1)C1CCCO1. The largest absolute Gasteiger partial charge is 0.370 e. The van der Waals surface area contributed by atoms with Crippen LogP contribution in [0.1, 0.15) is 23.2 Å². The van der Waals surface area contributed by atoms with Crippen molar-refractivity contribution in [1.82, 2.24) is 4.98 Å². The minimum absolute atomic E-state index is 0.0788. The quantitative estimate of drug-likeness (QED) is 0.740. The maximum Gasteiger partial charge on any atom is 0.191 e. The van der Waals surface area contributed by atoms with E-state index in [4.69, 9.17) is 4.74 Å². The summed E-state index contributed by atoms with van der Waals surface area (Å²) in [5.41, 5.74) is 1.56. The maximum absolute atomic E-state index is 12.1. The molecule has 3 rings (SSSR count). The zero-order valence-electron chi connectivity index (χ0n) is 9.43. The number of hydrogen-bond donors (Lipinski definition) is 0. The number of benzene rings is 1. The van der Waals surface area contributed by atoms with Crippen LogP contribution in [0.2, 0.25) is 0 Å². The normalized spacial score (nSPS) is 19.6. The summed E-state index contributed by atoms with van der Waals surface area (Å²) in [6, 6.07) is 9.52. The molecular weight excluding hydrogens is 214 g/mol. The molecule has 0 saturated carbocycles. The number of rotatable bonds is 2. The van der Waals surface area contributed by atoms with E-state index in [2.05, 4.69) is 4.98 Å². The van der Waals surface area contributed by atoms with Gasteiger partial charge < -0.3 is 4.74 Å². The first-order chi connectivity index (χ1) is 8.34. The molecule has 2 heterocycles. The molecule has 3 nitrogen and oxygen atoms in total. The van der Waals surface area contributed by atoms with Crippen LogP contribution in [0.5, 0.6) is 0 Å². The Labute approximate surface area is 99.4 Å². The molecule has 86 valence electrons. The lowest BCUT2D eigenvalue weighted by Gasteiger charge is -2.08. The summed E-state index contributed by atoms with van der Waals surface area (Å²) < 4.78 is 5.41. The number of Topliss-reactive ketones (excluding diaryl/α,β-unsaturated/α-hetero) is 1. The Bertz CT molecular complexity index is 559. The van der Waals surface area contributed by atoms with Crippen molar-refractivity contribution in [3.63, 3.8) is 0 Å². The van der Waals surface area contributed by atoms with Crippen LogP contribution in [-0.2, 0) is 4.74 Å². The molecule has 0 aliphatic carbocycles. The van der Waals surface area contributed by atoms with Gasteiger partial charge in [0.25, 0.3) is 0 Å². The van der Waals surface area contributed by atoms with E-state index in [9.17, 15) is 4.79 Å².